The number of hydrogen-bond donors (Lipinski definition) is 1. The van der Waals surface area contributed by atoms with Gasteiger partial charge in [-0.2, -0.15) is 6.92 Å². The summed E-state index contributed by atoms with van der Waals surface area (Å²) < 4.78 is 5.51. The normalized spacial score (nSPS) is 8.53. The zero-order valence-corrected chi connectivity index (χ0v) is 13.6. The summed E-state index contributed by atoms with van der Waals surface area (Å²) in [6.07, 6.45) is 0. The molecule has 0 aliphatic rings. The van der Waals surface area contributed by atoms with Crippen LogP contribution in [0.4, 0.5) is 0 Å². The molecule has 19 heavy (non-hydrogen) atoms. The number of rotatable bonds is 3. The van der Waals surface area contributed by atoms with Gasteiger partial charge in [0.2, 0.25) is 0 Å². The quantitative estimate of drug-likeness (QED) is 0.864. The van der Waals surface area contributed by atoms with E-state index in [9.17, 15) is 4.79 Å². The van der Waals surface area contributed by atoms with E-state index in [1.807, 2.05) is 30.3 Å². The van der Waals surface area contributed by atoms with Crippen LogP contribution in [0.3, 0.4) is 0 Å². The molecule has 2 aromatic carbocycles. The van der Waals surface area contributed by atoms with Crippen LogP contribution in [0.25, 0.3) is 0 Å². The van der Waals surface area contributed by atoms with Gasteiger partial charge in [-0.25, -0.2) is 4.79 Å². The number of carboxylic acids is 1. The Labute approximate surface area is 138 Å². The molecule has 0 aliphatic heterocycles. The minimum atomic E-state index is -0.960. The first-order chi connectivity index (χ1) is 8.75. The predicted molar refractivity (Wildman–Crippen MR) is 70.9 cm³/mol. The largest absolute Gasteiger partial charge is 0.478 e. The van der Waals surface area contributed by atoms with Gasteiger partial charge in [0.15, 0.2) is 0 Å². The third-order valence-electron chi connectivity index (χ3n) is 2.06. The molecule has 1 radical (unpaired) electrons. The molecule has 2 rings (SSSR count). The second-order valence-corrected chi connectivity index (χ2v) is 3.25. The summed E-state index contributed by atoms with van der Waals surface area (Å²) >= 11 is 0. The standard InChI is InChI=1S/C13H10O3.C2H5.Y/c14-13(15)10-5-4-8-12(9-10)16-11-6-2-1-3-7-11;1-2;/h1-9H,(H,14,15);1H2,2H3;/q;-1;. The van der Waals surface area contributed by atoms with Gasteiger partial charge in [0.1, 0.15) is 11.5 Å². The third kappa shape index (κ3) is 5.99. The molecule has 0 unspecified atom stereocenters. The molecule has 0 fully saturated rings. The van der Waals surface area contributed by atoms with Crippen molar-refractivity contribution >= 4 is 5.97 Å². The Hall–Kier alpha value is -1.19. The second-order valence-electron chi connectivity index (χ2n) is 3.25. The predicted octanol–water partition coefficient (Wildman–Crippen LogP) is 4.01. The van der Waals surface area contributed by atoms with E-state index < -0.39 is 5.97 Å². The zero-order valence-electron chi connectivity index (χ0n) is 10.7. The molecule has 0 amide bonds. The van der Waals surface area contributed by atoms with Crippen molar-refractivity contribution in [2.24, 2.45) is 0 Å². The van der Waals surface area contributed by atoms with Crippen molar-refractivity contribution in [3.05, 3.63) is 67.1 Å². The first-order valence-electron chi connectivity index (χ1n) is 5.53. The Balaban J connectivity index is 0.00000103. The summed E-state index contributed by atoms with van der Waals surface area (Å²) in [5.74, 6) is 0.245. The summed E-state index contributed by atoms with van der Waals surface area (Å²) in [5, 5.41) is 8.82. The molecule has 0 heterocycles. The minimum absolute atomic E-state index is 0. The molecule has 97 valence electrons. The van der Waals surface area contributed by atoms with Crippen LogP contribution in [-0.2, 0) is 32.7 Å². The fourth-order valence-corrected chi connectivity index (χ4v) is 1.32. The SMILES string of the molecule is O=C(O)c1cccc(Oc2ccccc2)c1.[CH2-]C.[Y]. The van der Waals surface area contributed by atoms with E-state index in [1.54, 1.807) is 19.1 Å². The first-order valence-corrected chi connectivity index (χ1v) is 5.53. The van der Waals surface area contributed by atoms with Crippen LogP contribution in [0.2, 0.25) is 0 Å². The number of aromatic carboxylic acids is 1. The Kier molecular flexibility index (Phi) is 9.10. The molecule has 0 atom stereocenters. The monoisotopic (exact) mass is 332 g/mol. The van der Waals surface area contributed by atoms with Crippen molar-refractivity contribution in [3.8, 4) is 11.5 Å². The van der Waals surface area contributed by atoms with Crippen LogP contribution in [0, 0.1) is 6.92 Å². The molecule has 1 N–H and O–H groups in total. The molecule has 2 aromatic rings. The van der Waals surface area contributed by atoms with Gasteiger partial charge < -0.3 is 16.8 Å². The van der Waals surface area contributed by atoms with Crippen LogP contribution in [0.5, 0.6) is 11.5 Å². The van der Waals surface area contributed by atoms with Gasteiger partial charge in [0.25, 0.3) is 0 Å². The fraction of sp³-hybridized carbons (Fsp3) is 0.0667. The number of ether oxygens (including phenoxy) is 1. The van der Waals surface area contributed by atoms with Crippen molar-refractivity contribution in [3.63, 3.8) is 0 Å². The molecule has 4 heteroatoms. The van der Waals surface area contributed by atoms with Crippen LogP contribution in [0.15, 0.2) is 54.6 Å². The van der Waals surface area contributed by atoms with E-state index >= 15 is 0 Å². The van der Waals surface area contributed by atoms with E-state index in [1.165, 1.54) is 12.1 Å². The van der Waals surface area contributed by atoms with Gasteiger partial charge in [-0.05, 0) is 30.3 Å². The number of carboxylic acid groups (broad SMARTS) is 1. The molecule has 0 spiro atoms. The minimum Gasteiger partial charge on any atom is -0.478 e. The van der Waals surface area contributed by atoms with E-state index in [-0.39, 0.29) is 38.3 Å². The average molecular weight is 332 g/mol. The third-order valence-corrected chi connectivity index (χ3v) is 2.06. The molecule has 0 aromatic heterocycles. The summed E-state index contributed by atoms with van der Waals surface area (Å²) in [7, 11) is 0. The number of para-hydroxylation sites is 1. The number of hydrogen-bond acceptors (Lipinski definition) is 2. The summed E-state index contributed by atoms with van der Waals surface area (Å²) in [6.45, 7) is 5.00. The summed E-state index contributed by atoms with van der Waals surface area (Å²) in [6, 6.07) is 15.6. The van der Waals surface area contributed by atoms with E-state index in [4.69, 9.17) is 9.84 Å². The van der Waals surface area contributed by atoms with E-state index in [0.717, 1.165) is 0 Å². The second kappa shape index (κ2) is 9.71. The topological polar surface area (TPSA) is 46.5 Å². The molecular formula is C15H15O3Y-. The Bertz CT molecular complexity index is 498. The maximum Gasteiger partial charge on any atom is 0.335 e. The van der Waals surface area contributed by atoms with Gasteiger partial charge in [-0.1, -0.05) is 24.3 Å². The Morgan fingerprint density at radius 2 is 1.58 bits per heavy atom. The van der Waals surface area contributed by atoms with Gasteiger partial charge in [-0.15, -0.1) is 0 Å². The first kappa shape index (κ1) is 17.8. The molecular weight excluding hydrogens is 317 g/mol. The van der Waals surface area contributed by atoms with Gasteiger partial charge in [-0.3, -0.25) is 0 Å². The maximum absolute atomic E-state index is 10.8. The summed E-state index contributed by atoms with van der Waals surface area (Å²) in [4.78, 5) is 10.8. The molecule has 3 nitrogen and oxygen atoms in total. The molecule has 0 saturated heterocycles. The van der Waals surface area contributed by atoms with Crippen LogP contribution < -0.4 is 4.74 Å². The van der Waals surface area contributed by atoms with Gasteiger partial charge in [0.05, 0.1) is 5.56 Å². The zero-order chi connectivity index (χ0) is 13.4. The fourth-order valence-electron chi connectivity index (χ4n) is 1.32. The van der Waals surface area contributed by atoms with Crippen molar-refractivity contribution < 1.29 is 47.3 Å². The molecule has 0 saturated carbocycles. The van der Waals surface area contributed by atoms with Crippen LogP contribution in [-0.4, -0.2) is 11.1 Å². The van der Waals surface area contributed by atoms with Crippen LogP contribution in [0.1, 0.15) is 17.3 Å². The summed E-state index contributed by atoms with van der Waals surface area (Å²) in [5.41, 5.74) is 0.216. The Morgan fingerprint density at radius 1 is 1.00 bits per heavy atom. The molecule has 0 aliphatic carbocycles. The van der Waals surface area contributed by atoms with Crippen molar-refractivity contribution in [1.29, 1.82) is 0 Å². The van der Waals surface area contributed by atoms with Crippen molar-refractivity contribution in [2.75, 3.05) is 0 Å². The van der Waals surface area contributed by atoms with Gasteiger partial charge >= 0.3 is 5.97 Å². The number of benzene rings is 2. The smallest absolute Gasteiger partial charge is 0.335 e. The molecule has 0 bridgehead atoms. The van der Waals surface area contributed by atoms with Crippen molar-refractivity contribution in [2.45, 2.75) is 6.92 Å². The van der Waals surface area contributed by atoms with Crippen LogP contribution >= 0.6 is 0 Å². The van der Waals surface area contributed by atoms with E-state index in [2.05, 4.69) is 6.92 Å². The average Bonchev–Trinajstić information content (AvgIpc) is 2.42. The van der Waals surface area contributed by atoms with Gasteiger partial charge in [0, 0.05) is 32.7 Å². The van der Waals surface area contributed by atoms with E-state index in [0.29, 0.717) is 11.5 Å². The number of carbonyl (C=O) groups is 1. The van der Waals surface area contributed by atoms with Crippen molar-refractivity contribution in [1.82, 2.24) is 0 Å². The maximum atomic E-state index is 10.8. The Morgan fingerprint density at radius 3 is 2.16 bits per heavy atom.